The van der Waals surface area contributed by atoms with Crippen molar-refractivity contribution in [1.82, 2.24) is 0 Å². The predicted octanol–water partition coefficient (Wildman–Crippen LogP) is 9.75. The molecule has 0 fully saturated rings. The van der Waals surface area contributed by atoms with E-state index in [1.165, 1.54) is 77.1 Å². The van der Waals surface area contributed by atoms with E-state index in [1.807, 2.05) is 0 Å². The lowest BCUT2D eigenvalue weighted by molar-refractivity contribution is 0.623. The summed E-state index contributed by atoms with van der Waals surface area (Å²) >= 11 is 0. The van der Waals surface area contributed by atoms with Crippen LogP contribution in [-0.4, -0.2) is 0 Å². The number of nitrogens with zero attached hydrogens (tertiary/aromatic N) is 1. The van der Waals surface area contributed by atoms with Crippen LogP contribution in [-0.2, 0) is 12.0 Å². The fraction of sp³-hybridized carbons (Fsp3) is 0.163. The molecule has 0 N–H and O–H groups in total. The van der Waals surface area contributed by atoms with Gasteiger partial charge in [-0.15, -0.1) is 0 Å². The monoisotopic (exact) mass is 565 g/mol. The predicted molar refractivity (Wildman–Crippen MR) is 186 cm³/mol. The fourth-order valence-electron chi connectivity index (χ4n) is 8.37. The summed E-state index contributed by atoms with van der Waals surface area (Å²) in [5.74, 6) is 0.502. The molecular weight excluding hydrogens is 530 g/mol. The molecule has 44 heavy (non-hydrogen) atoms. The molecule has 0 saturated carbocycles. The lowest BCUT2D eigenvalue weighted by atomic mass is 9.65. The maximum absolute atomic E-state index is 2.61. The zero-order valence-electron chi connectivity index (χ0n) is 25.6. The van der Waals surface area contributed by atoms with E-state index in [1.54, 1.807) is 5.57 Å². The molecule has 9 rings (SSSR count). The molecule has 0 saturated heterocycles. The lowest BCUT2D eigenvalue weighted by Crippen LogP contribution is -2.44. The summed E-state index contributed by atoms with van der Waals surface area (Å²) in [5.41, 5.74) is 15.0. The molecule has 3 aliphatic rings. The molecule has 6 aromatic carbocycles. The van der Waals surface area contributed by atoms with Crippen LogP contribution in [0.4, 0.5) is 11.4 Å². The average molecular weight is 566 g/mol. The van der Waals surface area contributed by atoms with Crippen molar-refractivity contribution in [1.29, 1.82) is 0 Å². The molecule has 1 nitrogen and oxygen atoms in total. The van der Waals surface area contributed by atoms with E-state index < -0.39 is 0 Å². The largest absolute Gasteiger partial charge is 0.336 e. The highest BCUT2D eigenvalue weighted by atomic mass is 15.1. The van der Waals surface area contributed by atoms with Gasteiger partial charge in [0.15, 0.2) is 0 Å². The summed E-state index contributed by atoms with van der Waals surface area (Å²) < 4.78 is 0. The second-order valence-electron chi connectivity index (χ2n) is 13.4. The van der Waals surface area contributed by atoms with Crippen molar-refractivity contribution >= 4 is 33.8 Å². The Morgan fingerprint density at radius 3 is 2.34 bits per heavy atom. The molecule has 2 aliphatic carbocycles. The van der Waals surface area contributed by atoms with Crippen LogP contribution >= 0.6 is 0 Å². The highest BCUT2D eigenvalue weighted by molar-refractivity contribution is 6.08. The third kappa shape index (κ3) is 3.59. The van der Waals surface area contributed by atoms with Gasteiger partial charge in [0.2, 0.25) is 0 Å². The van der Waals surface area contributed by atoms with Gasteiger partial charge >= 0.3 is 0 Å². The van der Waals surface area contributed by atoms with E-state index in [4.69, 9.17) is 0 Å². The van der Waals surface area contributed by atoms with Crippen LogP contribution in [0.3, 0.4) is 0 Å². The molecule has 212 valence electrons. The summed E-state index contributed by atoms with van der Waals surface area (Å²) in [6.45, 7) is 8.10. The molecule has 1 unspecified atom stereocenters. The van der Waals surface area contributed by atoms with Crippen molar-refractivity contribution < 1.29 is 0 Å². The Balaban J connectivity index is 1.44. The third-order valence-electron chi connectivity index (χ3n) is 10.4. The topological polar surface area (TPSA) is 3.24 Å². The molecule has 6 aromatic rings. The van der Waals surface area contributed by atoms with E-state index in [0.717, 1.165) is 13.0 Å². The summed E-state index contributed by atoms with van der Waals surface area (Å²) in [6, 6.07) is 45.2. The van der Waals surface area contributed by atoms with E-state index in [2.05, 4.69) is 153 Å². The van der Waals surface area contributed by atoms with Gasteiger partial charge in [-0.05, 0) is 85.1 Å². The van der Waals surface area contributed by atoms with Crippen molar-refractivity contribution in [3.63, 3.8) is 0 Å². The SMILES string of the molecule is CC1C=c2cc3c(c4c2=C(C1)C(C)(C)c1ccccc1-4)N(c1cccc(-c2ccccc2)c1)Cc1ccc2ccccc2c1-3. The van der Waals surface area contributed by atoms with Crippen molar-refractivity contribution in [3.8, 4) is 33.4 Å². The zero-order chi connectivity index (χ0) is 29.6. The first-order chi connectivity index (χ1) is 21.5. The molecule has 1 heterocycles. The summed E-state index contributed by atoms with van der Waals surface area (Å²) in [4.78, 5) is 2.61. The standard InChI is InChI=1S/C43H35N/c1-27-22-32-25-36-39-31(21-20-29-14-7-8-17-34(29)39)26-44(33-16-11-15-30(24-33)28-12-5-4-6-13-28)42(36)41-35-18-9-10-19-37(35)43(2,3)38(23-27)40(32)41/h4-22,24-25,27H,23,26H2,1-3H3. The maximum atomic E-state index is 2.61. The van der Waals surface area contributed by atoms with Gasteiger partial charge in [-0.2, -0.15) is 0 Å². The van der Waals surface area contributed by atoms with Gasteiger partial charge in [0.1, 0.15) is 0 Å². The summed E-state index contributed by atoms with van der Waals surface area (Å²) in [5, 5.41) is 5.51. The van der Waals surface area contributed by atoms with Gasteiger partial charge in [-0.25, -0.2) is 0 Å². The van der Waals surface area contributed by atoms with Crippen LogP contribution in [0.1, 0.15) is 38.3 Å². The normalized spacial score (nSPS) is 17.3. The van der Waals surface area contributed by atoms with Crippen molar-refractivity contribution in [2.24, 2.45) is 5.92 Å². The molecule has 0 radical (unpaired) electrons. The Hall–Kier alpha value is -4.88. The van der Waals surface area contributed by atoms with Gasteiger partial charge < -0.3 is 4.90 Å². The quantitative estimate of drug-likeness (QED) is 0.202. The Labute approximate surface area is 259 Å². The van der Waals surface area contributed by atoms with Gasteiger partial charge in [-0.3, -0.25) is 0 Å². The second-order valence-corrected chi connectivity index (χ2v) is 13.4. The smallest absolute Gasteiger partial charge is 0.0580 e. The first-order valence-electron chi connectivity index (χ1n) is 16.0. The molecule has 1 aliphatic heterocycles. The molecule has 1 heteroatoms. The minimum absolute atomic E-state index is 0.0214. The van der Waals surface area contributed by atoms with E-state index in [-0.39, 0.29) is 5.41 Å². The first-order valence-corrected chi connectivity index (χ1v) is 16.0. The average Bonchev–Trinajstić information content (AvgIpc) is 3.06. The molecule has 0 bridgehead atoms. The Kier molecular flexibility index (Phi) is 5.42. The minimum atomic E-state index is -0.0214. The van der Waals surface area contributed by atoms with E-state index >= 15 is 0 Å². The number of anilines is 2. The van der Waals surface area contributed by atoms with Gasteiger partial charge in [0.25, 0.3) is 0 Å². The van der Waals surface area contributed by atoms with Crippen molar-refractivity contribution in [2.45, 2.75) is 39.2 Å². The van der Waals surface area contributed by atoms with Crippen LogP contribution in [0, 0.1) is 5.92 Å². The van der Waals surface area contributed by atoms with Gasteiger partial charge in [0.05, 0.1) is 5.69 Å². The van der Waals surface area contributed by atoms with E-state index in [0.29, 0.717) is 5.92 Å². The maximum Gasteiger partial charge on any atom is 0.0580 e. The molecule has 1 atom stereocenters. The number of benzene rings is 6. The van der Waals surface area contributed by atoms with Crippen LogP contribution in [0.25, 0.3) is 55.8 Å². The van der Waals surface area contributed by atoms with E-state index in [9.17, 15) is 0 Å². The van der Waals surface area contributed by atoms with Crippen LogP contribution in [0.15, 0.2) is 121 Å². The van der Waals surface area contributed by atoms with Crippen LogP contribution in [0.5, 0.6) is 0 Å². The molecule has 0 amide bonds. The highest BCUT2D eigenvalue weighted by Gasteiger charge is 2.39. The third-order valence-corrected chi connectivity index (χ3v) is 10.4. The Morgan fingerprint density at radius 1 is 0.682 bits per heavy atom. The minimum Gasteiger partial charge on any atom is -0.336 e. The number of hydrogen-bond donors (Lipinski definition) is 0. The summed E-state index contributed by atoms with van der Waals surface area (Å²) in [7, 11) is 0. The zero-order valence-corrected chi connectivity index (χ0v) is 25.6. The second kappa shape index (κ2) is 9.31. The highest BCUT2D eigenvalue weighted by Crippen LogP contribution is 2.53. The van der Waals surface area contributed by atoms with Crippen LogP contribution in [0.2, 0.25) is 0 Å². The molecule has 0 spiro atoms. The Bertz CT molecular complexity index is 2270. The molecule has 0 aromatic heterocycles. The Morgan fingerprint density at radius 2 is 1.45 bits per heavy atom. The summed E-state index contributed by atoms with van der Waals surface area (Å²) in [6.07, 6.45) is 3.63. The van der Waals surface area contributed by atoms with Crippen LogP contribution < -0.4 is 15.3 Å². The van der Waals surface area contributed by atoms with Gasteiger partial charge in [-0.1, -0.05) is 136 Å². The molecular formula is C43H35N. The first kappa shape index (κ1) is 25.6. The van der Waals surface area contributed by atoms with Crippen molar-refractivity contribution in [2.75, 3.05) is 4.90 Å². The van der Waals surface area contributed by atoms with Gasteiger partial charge in [0, 0.05) is 28.8 Å². The fourth-order valence-corrected chi connectivity index (χ4v) is 8.37. The van der Waals surface area contributed by atoms with Crippen molar-refractivity contribution in [3.05, 3.63) is 143 Å². The number of rotatable bonds is 2. The lowest BCUT2D eigenvalue weighted by Gasteiger charge is -2.42. The number of fused-ring (bicyclic) bond motifs is 8. The number of hydrogen-bond acceptors (Lipinski definition) is 1.